The first kappa shape index (κ1) is 25.7. The van der Waals surface area contributed by atoms with Crippen molar-refractivity contribution in [2.75, 3.05) is 19.8 Å². The van der Waals surface area contributed by atoms with Crippen molar-refractivity contribution in [1.29, 1.82) is 0 Å². The first-order chi connectivity index (χ1) is 19.3. The minimum absolute atomic E-state index is 0.00407. The van der Waals surface area contributed by atoms with Crippen LogP contribution in [0.15, 0.2) is 67.0 Å². The molecule has 202 valence electrons. The van der Waals surface area contributed by atoms with E-state index in [2.05, 4.69) is 45.8 Å². The lowest BCUT2D eigenvalue weighted by Gasteiger charge is -2.13. The molecule has 2 atom stereocenters. The van der Waals surface area contributed by atoms with Crippen LogP contribution in [0.25, 0.3) is 33.9 Å². The van der Waals surface area contributed by atoms with Gasteiger partial charge in [0.1, 0.15) is 11.6 Å². The number of aromatic nitrogens is 3. The van der Waals surface area contributed by atoms with Crippen molar-refractivity contribution in [1.82, 2.24) is 20.4 Å². The molecule has 39 heavy (non-hydrogen) atoms. The average molecular weight is 525 g/mol. The van der Waals surface area contributed by atoms with Gasteiger partial charge in [-0.3, -0.25) is 4.98 Å². The zero-order valence-corrected chi connectivity index (χ0v) is 22.2. The molecule has 3 N–H and O–H groups in total. The SMILES string of the molecule is ON[C@H]1CCc2cc(-c3nc(-c4ccc(OCCCC5CCCOCC5)cc4)[nH]c3-c3ccncc3)ccc21. The number of rotatable bonds is 9. The molecule has 1 fully saturated rings. The van der Waals surface area contributed by atoms with Gasteiger partial charge < -0.3 is 19.7 Å². The number of hydrogen-bond donors (Lipinski definition) is 3. The van der Waals surface area contributed by atoms with E-state index in [1.807, 2.05) is 24.3 Å². The van der Waals surface area contributed by atoms with E-state index in [0.717, 1.165) is 90.2 Å². The summed E-state index contributed by atoms with van der Waals surface area (Å²) in [4.78, 5) is 12.8. The van der Waals surface area contributed by atoms with E-state index in [0.29, 0.717) is 0 Å². The predicted molar refractivity (Wildman–Crippen MR) is 152 cm³/mol. The Morgan fingerprint density at radius 3 is 2.64 bits per heavy atom. The van der Waals surface area contributed by atoms with E-state index in [9.17, 15) is 5.21 Å². The highest BCUT2D eigenvalue weighted by atomic mass is 16.5. The summed E-state index contributed by atoms with van der Waals surface area (Å²) in [6.45, 7) is 2.55. The van der Waals surface area contributed by atoms with Crippen LogP contribution >= 0.6 is 0 Å². The number of hydroxylamine groups is 1. The number of fused-ring (bicyclic) bond motifs is 1. The average Bonchev–Trinajstić information content (AvgIpc) is 3.52. The summed E-state index contributed by atoms with van der Waals surface area (Å²) in [5, 5.41) is 9.48. The van der Waals surface area contributed by atoms with Crippen molar-refractivity contribution in [3.8, 4) is 39.7 Å². The second-order valence-electron chi connectivity index (χ2n) is 10.6. The maximum atomic E-state index is 9.48. The van der Waals surface area contributed by atoms with Gasteiger partial charge in [-0.15, -0.1) is 0 Å². The van der Waals surface area contributed by atoms with Gasteiger partial charge in [0, 0.05) is 42.3 Å². The first-order valence-electron chi connectivity index (χ1n) is 14.1. The van der Waals surface area contributed by atoms with Gasteiger partial charge >= 0.3 is 0 Å². The zero-order chi connectivity index (χ0) is 26.4. The molecule has 1 saturated heterocycles. The van der Waals surface area contributed by atoms with Crippen LogP contribution in [0, 0.1) is 5.92 Å². The molecule has 0 bridgehead atoms. The topological polar surface area (TPSA) is 92.3 Å². The second-order valence-corrected chi connectivity index (χ2v) is 10.6. The van der Waals surface area contributed by atoms with Gasteiger partial charge in [-0.1, -0.05) is 12.1 Å². The Balaban J connectivity index is 1.19. The highest BCUT2D eigenvalue weighted by Gasteiger charge is 2.23. The molecule has 7 nitrogen and oxygen atoms in total. The number of H-pyrrole nitrogens is 1. The Morgan fingerprint density at radius 2 is 1.79 bits per heavy atom. The molecule has 2 aromatic carbocycles. The lowest BCUT2D eigenvalue weighted by molar-refractivity contribution is 0.126. The van der Waals surface area contributed by atoms with Gasteiger partial charge in [0.05, 0.1) is 24.0 Å². The molecule has 0 saturated carbocycles. The Labute approximate surface area is 229 Å². The second kappa shape index (κ2) is 12.1. The van der Waals surface area contributed by atoms with Crippen LogP contribution < -0.4 is 10.2 Å². The summed E-state index contributed by atoms with van der Waals surface area (Å²) in [6, 6.07) is 18.6. The smallest absolute Gasteiger partial charge is 0.138 e. The number of nitrogens with zero attached hydrogens (tertiary/aromatic N) is 2. The number of ether oxygens (including phenoxy) is 2. The molecule has 3 heterocycles. The zero-order valence-electron chi connectivity index (χ0n) is 22.2. The summed E-state index contributed by atoms with van der Waals surface area (Å²) < 4.78 is 11.6. The van der Waals surface area contributed by atoms with Gasteiger partial charge in [0.15, 0.2) is 0 Å². The predicted octanol–water partition coefficient (Wildman–Crippen LogP) is 6.75. The Bertz CT molecular complexity index is 1360. The van der Waals surface area contributed by atoms with Crippen molar-refractivity contribution in [2.45, 2.75) is 51.0 Å². The Kier molecular flexibility index (Phi) is 8.00. The minimum Gasteiger partial charge on any atom is -0.494 e. The van der Waals surface area contributed by atoms with E-state index in [4.69, 9.17) is 14.5 Å². The first-order valence-corrected chi connectivity index (χ1v) is 14.1. The fraction of sp³-hybridized carbons (Fsp3) is 0.375. The quantitative estimate of drug-likeness (QED) is 0.166. The third kappa shape index (κ3) is 5.91. The molecule has 0 radical (unpaired) electrons. The van der Waals surface area contributed by atoms with Crippen molar-refractivity contribution in [2.24, 2.45) is 5.92 Å². The number of nitrogens with one attached hydrogen (secondary N) is 2. The van der Waals surface area contributed by atoms with Crippen LogP contribution in [0.2, 0.25) is 0 Å². The van der Waals surface area contributed by atoms with Crippen LogP contribution in [0.3, 0.4) is 0 Å². The van der Waals surface area contributed by atoms with Crippen molar-refractivity contribution >= 4 is 0 Å². The van der Waals surface area contributed by atoms with Gasteiger partial charge in [-0.05, 0) is 104 Å². The van der Waals surface area contributed by atoms with Gasteiger partial charge in [0.2, 0.25) is 0 Å². The maximum Gasteiger partial charge on any atom is 0.138 e. The molecule has 2 aliphatic rings. The third-order valence-corrected chi connectivity index (χ3v) is 8.05. The van der Waals surface area contributed by atoms with Crippen molar-refractivity contribution < 1.29 is 14.7 Å². The molecule has 0 spiro atoms. The summed E-state index contributed by atoms with van der Waals surface area (Å²) in [6.07, 6.45) is 11.3. The van der Waals surface area contributed by atoms with E-state index in [1.54, 1.807) is 12.4 Å². The third-order valence-electron chi connectivity index (χ3n) is 8.05. The van der Waals surface area contributed by atoms with Crippen molar-refractivity contribution in [3.05, 3.63) is 78.1 Å². The fourth-order valence-corrected chi connectivity index (χ4v) is 5.88. The van der Waals surface area contributed by atoms with E-state index >= 15 is 0 Å². The van der Waals surface area contributed by atoms with E-state index in [1.165, 1.54) is 31.2 Å². The number of pyridine rings is 1. The highest BCUT2D eigenvalue weighted by molar-refractivity contribution is 5.81. The van der Waals surface area contributed by atoms with Crippen molar-refractivity contribution in [3.63, 3.8) is 0 Å². The Morgan fingerprint density at radius 1 is 0.949 bits per heavy atom. The largest absolute Gasteiger partial charge is 0.494 e. The molecular formula is C32H36N4O3. The number of benzene rings is 2. The minimum atomic E-state index is -0.00407. The number of imidazole rings is 1. The molecule has 7 heteroatoms. The van der Waals surface area contributed by atoms with Crippen LogP contribution in [0.1, 0.15) is 55.7 Å². The molecule has 2 aromatic heterocycles. The lowest BCUT2D eigenvalue weighted by atomic mass is 9.96. The summed E-state index contributed by atoms with van der Waals surface area (Å²) in [7, 11) is 0. The van der Waals surface area contributed by atoms with Crippen LogP contribution in [-0.2, 0) is 11.2 Å². The fourth-order valence-electron chi connectivity index (χ4n) is 5.88. The molecule has 1 unspecified atom stereocenters. The standard InChI is InChI=1S/C32H36N4O3/c37-36-29-12-8-25-21-26(7-11-28(25)29)31-30(23-13-16-33-17-14-23)34-32(35-31)24-5-9-27(10-6-24)39-19-2-4-22-3-1-18-38-20-15-22/h5-7,9-11,13-14,16-17,21-22,29,36-37H,1-4,8,12,15,18-20H2,(H,34,35)/t22?,29-/m0/s1. The lowest BCUT2D eigenvalue weighted by Crippen LogP contribution is -2.13. The van der Waals surface area contributed by atoms with Crippen LogP contribution in [0.5, 0.6) is 5.75 Å². The number of aromatic amines is 1. The Hall–Kier alpha value is -3.52. The molecule has 0 amide bonds. The van der Waals surface area contributed by atoms with Gasteiger partial charge in [0.25, 0.3) is 0 Å². The number of hydrogen-bond acceptors (Lipinski definition) is 6. The van der Waals surface area contributed by atoms with Crippen LogP contribution in [-0.4, -0.2) is 40.0 Å². The van der Waals surface area contributed by atoms with E-state index < -0.39 is 0 Å². The normalized spacial score (nSPS) is 19.0. The molecule has 1 aliphatic heterocycles. The van der Waals surface area contributed by atoms with Gasteiger partial charge in [-0.25, -0.2) is 4.98 Å². The molecule has 4 aromatic rings. The molecular weight excluding hydrogens is 488 g/mol. The van der Waals surface area contributed by atoms with Gasteiger partial charge in [-0.2, -0.15) is 5.48 Å². The molecule has 1 aliphatic carbocycles. The summed E-state index contributed by atoms with van der Waals surface area (Å²) in [5.41, 5.74) is 9.81. The van der Waals surface area contributed by atoms with E-state index in [-0.39, 0.29) is 6.04 Å². The monoisotopic (exact) mass is 524 g/mol. The highest BCUT2D eigenvalue weighted by Crippen LogP contribution is 2.37. The molecule has 6 rings (SSSR count). The summed E-state index contributed by atoms with van der Waals surface area (Å²) >= 11 is 0. The summed E-state index contributed by atoms with van der Waals surface area (Å²) in [5.74, 6) is 2.46. The maximum absolute atomic E-state index is 9.48. The van der Waals surface area contributed by atoms with Crippen LogP contribution in [0.4, 0.5) is 0 Å². The number of aryl methyl sites for hydroxylation is 1.